The Morgan fingerprint density at radius 3 is 1.72 bits per heavy atom. The third kappa shape index (κ3) is 3.64. The molecule has 0 radical (unpaired) electrons. The number of hydrogen-bond donors (Lipinski definition) is 0. The number of benzene rings is 5. The van der Waals surface area contributed by atoms with Crippen molar-refractivity contribution in [1.29, 1.82) is 0 Å². The fourth-order valence-electron chi connectivity index (χ4n) is 6.92. The Hall–Kier alpha value is -6.40. The maximum Gasteiger partial charge on any atom is 0.153 e. The minimum absolute atomic E-state index is 0.772. The molecule has 0 atom stereocenters. The van der Waals surface area contributed by atoms with Crippen LogP contribution in [0.25, 0.3) is 71.4 Å². The summed E-state index contributed by atoms with van der Waals surface area (Å²) in [5.74, 6) is 0. The summed E-state index contributed by atoms with van der Waals surface area (Å²) in [4.78, 5) is 10.8. The monoisotopic (exact) mass is 592 g/mol. The van der Waals surface area contributed by atoms with Crippen molar-refractivity contribution in [3.05, 3.63) is 146 Å². The first kappa shape index (κ1) is 25.0. The molecule has 0 aliphatic carbocycles. The van der Waals surface area contributed by atoms with E-state index in [-0.39, 0.29) is 0 Å². The molecule has 46 heavy (non-hydrogen) atoms. The van der Waals surface area contributed by atoms with Crippen LogP contribution in [0, 0.1) is 0 Å². The second-order valence-electron chi connectivity index (χ2n) is 11.5. The minimum Gasteiger partial charge on any atom is -0.454 e. The molecule has 216 valence electrons. The highest BCUT2D eigenvalue weighted by atomic mass is 16.3. The van der Waals surface area contributed by atoms with Crippen molar-refractivity contribution in [2.75, 3.05) is 4.90 Å². The van der Waals surface area contributed by atoms with Crippen LogP contribution in [0.4, 0.5) is 17.1 Å². The van der Waals surface area contributed by atoms with Crippen molar-refractivity contribution >= 4 is 82.7 Å². The van der Waals surface area contributed by atoms with Crippen molar-refractivity contribution in [2.45, 2.75) is 0 Å². The van der Waals surface area contributed by atoms with Crippen LogP contribution in [0.3, 0.4) is 0 Å². The number of aromatic nitrogens is 3. The van der Waals surface area contributed by atoms with Crippen LogP contribution in [0.5, 0.6) is 0 Å². The van der Waals surface area contributed by atoms with E-state index in [9.17, 15) is 0 Å². The molecule has 0 aliphatic rings. The highest BCUT2D eigenvalue weighted by molar-refractivity contribution is 6.10. The largest absolute Gasteiger partial charge is 0.454 e. The van der Waals surface area contributed by atoms with Crippen LogP contribution >= 0.6 is 0 Å². The third-order valence-electron chi connectivity index (χ3n) is 8.98. The fourth-order valence-corrected chi connectivity index (χ4v) is 6.92. The number of anilines is 3. The number of hydrogen-bond acceptors (Lipinski definition) is 5. The molecule has 0 unspecified atom stereocenters. The topological polar surface area (TPSA) is 60.2 Å². The SMILES string of the molecule is c1ccc2c(c1)c1ccccc1n2-c1ccc(N(c2ccc3c(c2)oc2cnccc23)c2ccc3oc4cnccc4c3c2)cc1. The van der Waals surface area contributed by atoms with Crippen LogP contribution in [0.1, 0.15) is 0 Å². The number of pyridine rings is 2. The molecular weight excluding hydrogens is 568 g/mol. The Morgan fingerprint density at radius 2 is 1.00 bits per heavy atom. The lowest BCUT2D eigenvalue weighted by atomic mass is 10.1. The lowest BCUT2D eigenvalue weighted by molar-refractivity contribution is 0.666. The van der Waals surface area contributed by atoms with Gasteiger partial charge in [0.05, 0.1) is 23.4 Å². The molecule has 0 N–H and O–H groups in total. The van der Waals surface area contributed by atoms with Crippen LogP contribution in [0.2, 0.25) is 0 Å². The van der Waals surface area contributed by atoms with E-state index >= 15 is 0 Å². The third-order valence-corrected chi connectivity index (χ3v) is 8.98. The molecule has 0 saturated carbocycles. The van der Waals surface area contributed by atoms with Gasteiger partial charge in [-0.15, -0.1) is 0 Å². The molecule has 0 amide bonds. The highest BCUT2D eigenvalue weighted by Gasteiger charge is 2.18. The zero-order chi connectivity index (χ0) is 30.2. The van der Waals surface area contributed by atoms with E-state index in [1.807, 2.05) is 18.2 Å². The summed E-state index contributed by atoms with van der Waals surface area (Å²) in [6.45, 7) is 0. The first-order valence-electron chi connectivity index (χ1n) is 15.2. The Balaban J connectivity index is 1.17. The molecule has 5 aromatic carbocycles. The van der Waals surface area contributed by atoms with Gasteiger partial charge in [0, 0.05) is 73.5 Å². The van der Waals surface area contributed by atoms with Crippen molar-refractivity contribution in [3.8, 4) is 5.69 Å². The fraction of sp³-hybridized carbons (Fsp3) is 0. The molecule has 6 nitrogen and oxygen atoms in total. The summed E-state index contributed by atoms with van der Waals surface area (Å²) >= 11 is 0. The van der Waals surface area contributed by atoms with Crippen molar-refractivity contribution in [1.82, 2.24) is 14.5 Å². The van der Waals surface area contributed by atoms with Gasteiger partial charge in [-0.1, -0.05) is 36.4 Å². The molecule has 0 saturated heterocycles. The molecule has 0 spiro atoms. The smallest absolute Gasteiger partial charge is 0.153 e. The highest BCUT2D eigenvalue weighted by Crippen LogP contribution is 2.41. The molecule has 0 aliphatic heterocycles. The predicted octanol–water partition coefficient (Wildman–Crippen LogP) is 10.8. The first-order valence-corrected chi connectivity index (χ1v) is 15.2. The maximum absolute atomic E-state index is 6.27. The molecule has 0 bridgehead atoms. The van der Waals surface area contributed by atoms with Crippen LogP contribution in [0.15, 0.2) is 155 Å². The van der Waals surface area contributed by atoms with E-state index in [1.54, 1.807) is 24.8 Å². The predicted molar refractivity (Wildman–Crippen MR) is 186 cm³/mol. The van der Waals surface area contributed by atoms with Crippen molar-refractivity contribution in [3.63, 3.8) is 0 Å². The van der Waals surface area contributed by atoms with Gasteiger partial charge in [-0.25, -0.2) is 0 Å². The zero-order valence-electron chi connectivity index (χ0n) is 24.5. The summed E-state index contributed by atoms with van der Waals surface area (Å²) in [7, 11) is 0. The normalized spacial score (nSPS) is 11.9. The van der Waals surface area contributed by atoms with E-state index in [2.05, 4.69) is 123 Å². The number of rotatable bonds is 4. The Labute approximate surface area is 262 Å². The van der Waals surface area contributed by atoms with Crippen molar-refractivity contribution < 1.29 is 8.83 Å². The van der Waals surface area contributed by atoms with Crippen molar-refractivity contribution in [2.24, 2.45) is 0 Å². The number of nitrogens with zero attached hydrogens (tertiary/aromatic N) is 4. The van der Waals surface area contributed by atoms with Crippen LogP contribution < -0.4 is 4.90 Å². The average molecular weight is 593 g/mol. The first-order chi connectivity index (χ1) is 22.8. The molecule has 5 heterocycles. The molecule has 5 aromatic heterocycles. The molecule has 10 aromatic rings. The summed E-state index contributed by atoms with van der Waals surface area (Å²) in [6, 6.07) is 42.7. The van der Waals surface area contributed by atoms with E-state index in [1.165, 1.54) is 21.8 Å². The quantitative estimate of drug-likeness (QED) is 0.203. The molecular formula is C40H24N4O2. The van der Waals surface area contributed by atoms with Crippen LogP contribution in [-0.2, 0) is 0 Å². The summed E-state index contributed by atoms with van der Waals surface area (Å²) < 4.78 is 14.7. The second-order valence-corrected chi connectivity index (χ2v) is 11.5. The molecule has 6 heteroatoms. The van der Waals surface area contributed by atoms with Gasteiger partial charge in [-0.05, 0) is 78.9 Å². The van der Waals surface area contributed by atoms with Gasteiger partial charge in [0.1, 0.15) is 11.2 Å². The van der Waals surface area contributed by atoms with Gasteiger partial charge in [-0.3, -0.25) is 9.97 Å². The van der Waals surface area contributed by atoms with Gasteiger partial charge in [0.25, 0.3) is 0 Å². The van der Waals surface area contributed by atoms with E-state index in [4.69, 9.17) is 8.83 Å². The van der Waals surface area contributed by atoms with Gasteiger partial charge in [0.15, 0.2) is 11.2 Å². The van der Waals surface area contributed by atoms with E-state index < -0.39 is 0 Å². The summed E-state index contributed by atoms with van der Waals surface area (Å²) in [5, 5.41) is 6.68. The van der Waals surface area contributed by atoms with E-state index in [0.29, 0.717) is 0 Å². The minimum atomic E-state index is 0.772. The summed E-state index contributed by atoms with van der Waals surface area (Å²) in [6.07, 6.45) is 7.15. The average Bonchev–Trinajstić information content (AvgIpc) is 3.78. The van der Waals surface area contributed by atoms with Crippen LogP contribution in [-0.4, -0.2) is 14.5 Å². The lowest BCUT2D eigenvalue weighted by Gasteiger charge is -2.26. The van der Waals surface area contributed by atoms with Gasteiger partial charge < -0.3 is 18.3 Å². The maximum atomic E-state index is 6.27. The zero-order valence-corrected chi connectivity index (χ0v) is 24.5. The standard InChI is InChI=1S/C40H24N4O2/c1-3-7-35-29(5-1)30-6-2-4-8-36(30)44(35)26-11-9-25(10-12-26)43(27-14-16-37-34(21-27)33-18-20-42-24-40(33)45-37)28-13-15-31-32-17-19-41-23-39(32)46-38(31)22-28/h1-24H. The Morgan fingerprint density at radius 1 is 0.435 bits per heavy atom. The van der Waals surface area contributed by atoms with E-state index in [0.717, 1.165) is 66.6 Å². The van der Waals surface area contributed by atoms with Gasteiger partial charge in [0.2, 0.25) is 0 Å². The number of para-hydroxylation sites is 2. The lowest BCUT2D eigenvalue weighted by Crippen LogP contribution is -2.10. The summed E-state index contributed by atoms with van der Waals surface area (Å²) in [5.41, 5.74) is 9.68. The molecule has 0 fully saturated rings. The van der Waals surface area contributed by atoms with Gasteiger partial charge in [-0.2, -0.15) is 0 Å². The Kier molecular flexibility index (Phi) is 5.19. The second kappa shape index (κ2) is 9.55. The number of fused-ring (bicyclic) bond motifs is 9. The van der Waals surface area contributed by atoms with Gasteiger partial charge >= 0.3 is 0 Å². The number of furan rings is 2. The molecule has 10 rings (SSSR count). The Bertz CT molecular complexity index is 2720.